The van der Waals surface area contributed by atoms with Gasteiger partial charge >= 0.3 is 0 Å². The first-order valence-electron chi connectivity index (χ1n) is 16.6. The van der Waals surface area contributed by atoms with Gasteiger partial charge in [-0.1, -0.05) is 133 Å². The van der Waals surface area contributed by atoms with Crippen molar-refractivity contribution < 1.29 is 8.83 Å². The number of hydrogen-bond acceptors (Lipinski definition) is 3. The van der Waals surface area contributed by atoms with Crippen molar-refractivity contribution in [3.05, 3.63) is 176 Å². The third-order valence-corrected chi connectivity index (χ3v) is 9.66. The summed E-state index contributed by atoms with van der Waals surface area (Å²) in [6.45, 7) is 0. The number of rotatable bonds is 5. The Morgan fingerprint density at radius 2 is 0.980 bits per heavy atom. The van der Waals surface area contributed by atoms with E-state index in [1.807, 2.05) is 12.1 Å². The Kier molecular flexibility index (Phi) is 6.18. The van der Waals surface area contributed by atoms with Crippen molar-refractivity contribution >= 4 is 71.7 Å². The average Bonchev–Trinajstić information content (AvgIpc) is 3.75. The van der Waals surface area contributed by atoms with Crippen molar-refractivity contribution in [3.63, 3.8) is 0 Å². The van der Waals surface area contributed by atoms with Crippen LogP contribution in [0.25, 0.3) is 76.9 Å². The first kappa shape index (κ1) is 27.5. The molecular formula is C46H29NO2. The van der Waals surface area contributed by atoms with Gasteiger partial charge in [-0.15, -0.1) is 0 Å². The smallest absolute Gasteiger partial charge is 0.159 e. The van der Waals surface area contributed by atoms with Crippen LogP contribution in [0.4, 0.5) is 17.1 Å². The molecule has 0 bridgehead atoms. The number of benzene rings is 8. The fourth-order valence-corrected chi connectivity index (χ4v) is 7.36. The van der Waals surface area contributed by atoms with E-state index in [2.05, 4.69) is 169 Å². The molecule has 0 fully saturated rings. The molecule has 0 saturated carbocycles. The van der Waals surface area contributed by atoms with Crippen molar-refractivity contribution in [1.82, 2.24) is 0 Å². The molecule has 230 valence electrons. The highest BCUT2D eigenvalue weighted by atomic mass is 16.3. The highest BCUT2D eigenvalue weighted by Crippen LogP contribution is 2.47. The lowest BCUT2D eigenvalue weighted by atomic mass is 9.99. The van der Waals surface area contributed by atoms with Crippen molar-refractivity contribution in [2.45, 2.75) is 0 Å². The second kappa shape index (κ2) is 11.0. The van der Waals surface area contributed by atoms with Crippen LogP contribution in [-0.2, 0) is 0 Å². The first-order valence-corrected chi connectivity index (χ1v) is 16.6. The highest BCUT2D eigenvalue weighted by Gasteiger charge is 2.24. The van der Waals surface area contributed by atoms with Crippen LogP contribution in [0.2, 0.25) is 0 Å². The fourth-order valence-electron chi connectivity index (χ4n) is 7.36. The van der Waals surface area contributed by atoms with Gasteiger partial charge in [0, 0.05) is 27.2 Å². The van der Waals surface area contributed by atoms with E-state index in [4.69, 9.17) is 8.83 Å². The van der Waals surface area contributed by atoms with Crippen LogP contribution in [0.3, 0.4) is 0 Å². The molecule has 0 N–H and O–H groups in total. The van der Waals surface area contributed by atoms with Crippen molar-refractivity contribution in [2.75, 3.05) is 4.90 Å². The molecule has 2 aromatic heterocycles. The Hall–Kier alpha value is -6.58. The van der Waals surface area contributed by atoms with Gasteiger partial charge in [0.15, 0.2) is 11.2 Å². The summed E-state index contributed by atoms with van der Waals surface area (Å²) in [4.78, 5) is 2.28. The first-order chi connectivity index (χ1) is 24.3. The summed E-state index contributed by atoms with van der Waals surface area (Å²) in [5.41, 5.74) is 10.9. The molecular weight excluding hydrogens is 599 g/mol. The Labute approximate surface area is 282 Å². The quantitative estimate of drug-likeness (QED) is 0.190. The maximum absolute atomic E-state index is 6.80. The zero-order chi connectivity index (χ0) is 32.3. The Morgan fingerprint density at radius 3 is 1.82 bits per heavy atom. The minimum atomic E-state index is 0.826. The molecule has 0 atom stereocenters. The van der Waals surface area contributed by atoms with Crippen LogP contribution in [0, 0.1) is 0 Å². The van der Waals surface area contributed by atoms with Crippen LogP contribution in [-0.4, -0.2) is 0 Å². The van der Waals surface area contributed by atoms with E-state index < -0.39 is 0 Å². The highest BCUT2D eigenvalue weighted by molar-refractivity contribution is 6.17. The molecule has 10 rings (SSSR count). The van der Waals surface area contributed by atoms with Crippen molar-refractivity contribution in [2.24, 2.45) is 0 Å². The molecule has 0 aliphatic heterocycles. The molecule has 0 spiro atoms. The largest absolute Gasteiger partial charge is 0.454 e. The van der Waals surface area contributed by atoms with Gasteiger partial charge < -0.3 is 13.7 Å². The van der Waals surface area contributed by atoms with Gasteiger partial charge in [0.2, 0.25) is 0 Å². The minimum absolute atomic E-state index is 0.826. The average molecular weight is 628 g/mol. The second-order valence-electron chi connectivity index (χ2n) is 12.5. The van der Waals surface area contributed by atoms with Gasteiger partial charge in [-0.2, -0.15) is 0 Å². The maximum Gasteiger partial charge on any atom is 0.159 e. The van der Waals surface area contributed by atoms with Crippen molar-refractivity contribution in [3.8, 4) is 22.3 Å². The van der Waals surface area contributed by atoms with Crippen molar-refractivity contribution in [1.29, 1.82) is 0 Å². The summed E-state index contributed by atoms with van der Waals surface area (Å²) in [7, 11) is 0. The van der Waals surface area contributed by atoms with Crippen LogP contribution in [0.15, 0.2) is 185 Å². The number of nitrogens with zero attached hydrogens (tertiary/aromatic N) is 1. The monoisotopic (exact) mass is 627 g/mol. The molecule has 0 aliphatic carbocycles. The van der Waals surface area contributed by atoms with E-state index in [0.29, 0.717) is 0 Å². The van der Waals surface area contributed by atoms with Crippen LogP contribution in [0.1, 0.15) is 0 Å². The molecule has 3 heteroatoms. The lowest BCUT2D eigenvalue weighted by molar-refractivity contribution is 0.666. The summed E-state index contributed by atoms with van der Waals surface area (Å²) in [6.07, 6.45) is 0. The lowest BCUT2D eigenvalue weighted by Crippen LogP contribution is -2.10. The standard InChI is InChI=1S/C46H29NO2/c1-2-12-32(13-3-1)36-16-10-22-43-44(36)39-18-9-20-41(46(39)49-43)47(40-19-8-17-38-37-15-6-7-21-42(37)48-45(38)40)35-27-25-31(26-28-35)34-24-23-30-11-4-5-14-33(30)29-34/h1-29H. The normalized spacial score (nSPS) is 11.7. The second-order valence-corrected chi connectivity index (χ2v) is 12.5. The minimum Gasteiger partial charge on any atom is -0.454 e. The third-order valence-electron chi connectivity index (χ3n) is 9.66. The topological polar surface area (TPSA) is 29.5 Å². The maximum atomic E-state index is 6.80. The van der Waals surface area contributed by atoms with E-state index in [9.17, 15) is 0 Å². The molecule has 10 aromatic rings. The molecule has 0 aliphatic rings. The van der Waals surface area contributed by atoms with E-state index in [1.165, 1.54) is 16.3 Å². The zero-order valence-corrected chi connectivity index (χ0v) is 26.5. The summed E-state index contributed by atoms with van der Waals surface area (Å²) in [6, 6.07) is 61.9. The van der Waals surface area contributed by atoms with E-state index >= 15 is 0 Å². The predicted molar refractivity (Wildman–Crippen MR) is 204 cm³/mol. The predicted octanol–water partition coefficient (Wildman–Crippen LogP) is 13.4. The molecule has 0 unspecified atom stereocenters. The third kappa shape index (κ3) is 4.44. The Morgan fingerprint density at radius 1 is 0.367 bits per heavy atom. The van der Waals surface area contributed by atoms with Crippen LogP contribution in [0.5, 0.6) is 0 Å². The van der Waals surface area contributed by atoms with E-state index in [-0.39, 0.29) is 0 Å². The van der Waals surface area contributed by atoms with Gasteiger partial charge in [0.25, 0.3) is 0 Å². The van der Waals surface area contributed by atoms with E-state index in [1.54, 1.807) is 0 Å². The zero-order valence-electron chi connectivity index (χ0n) is 26.5. The van der Waals surface area contributed by atoms with Gasteiger partial charge in [0.1, 0.15) is 11.2 Å². The van der Waals surface area contributed by atoms with Gasteiger partial charge in [-0.25, -0.2) is 0 Å². The summed E-state index contributed by atoms with van der Waals surface area (Å²) in [5.74, 6) is 0. The Balaban J connectivity index is 1.20. The van der Waals surface area contributed by atoms with Crippen LogP contribution < -0.4 is 4.90 Å². The van der Waals surface area contributed by atoms with Crippen LogP contribution >= 0.6 is 0 Å². The van der Waals surface area contributed by atoms with Gasteiger partial charge in [-0.05, 0) is 75.5 Å². The molecule has 0 saturated heterocycles. The number of para-hydroxylation sites is 3. The molecule has 49 heavy (non-hydrogen) atoms. The molecule has 2 heterocycles. The van der Waals surface area contributed by atoms with E-state index in [0.717, 1.165) is 77.6 Å². The summed E-state index contributed by atoms with van der Waals surface area (Å²) in [5, 5.41) is 6.83. The molecule has 0 amide bonds. The number of fused-ring (bicyclic) bond motifs is 7. The fraction of sp³-hybridized carbons (Fsp3) is 0. The molecule has 0 radical (unpaired) electrons. The number of furan rings is 2. The molecule has 3 nitrogen and oxygen atoms in total. The van der Waals surface area contributed by atoms with Gasteiger partial charge in [-0.3, -0.25) is 0 Å². The summed E-state index contributed by atoms with van der Waals surface area (Å²) >= 11 is 0. The number of hydrogen-bond donors (Lipinski definition) is 0. The Bertz CT molecular complexity index is 2830. The van der Waals surface area contributed by atoms with Gasteiger partial charge in [0.05, 0.1) is 11.4 Å². The number of anilines is 3. The summed E-state index contributed by atoms with van der Waals surface area (Å²) < 4.78 is 13.4. The SMILES string of the molecule is c1ccc(-c2cccc3oc4c(N(c5ccc(-c6ccc7ccccc7c6)cc5)c5cccc6c5oc5ccccc56)cccc4c23)cc1. The molecule has 8 aromatic carbocycles. The lowest BCUT2D eigenvalue weighted by Gasteiger charge is -2.25.